The van der Waals surface area contributed by atoms with Crippen molar-refractivity contribution in [2.45, 2.75) is 19.9 Å². The number of fused-ring (bicyclic) bond motifs is 1. The summed E-state index contributed by atoms with van der Waals surface area (Å²) in [5.41, 5.74) is 6.41. The maximum Gasteiger partial charge on any atom is 0.191 e. The fraction of sp³-hybridized carbons (Fsp3) is 0.375. The van der Waals surface area contributed by atoms with Crippen LogP contribution in [-0.2, 0) is 13.0 Å². The lowest BCUT2D eigenvalue weighted by atomic mass is 10.1. The fourth-order valence-electron chi connectivity index (χ4n) is 3.88. The predicted octanol–water partition coefficient (Wildman–Crippen LogP) is 4.56. The smallest absolute Gasteiger partial charge is 0.191 e. The maximum absolute atomic E-state index is 4.36. The van der Waals surface area contributed by atoms with E-state index in [1.165, 1.54) is 44.8 Å². The van der Waals surface area contributed by atoms with Crippen LogP contribution in [0, 0.1) is 6.92 Å². The number of aryl methyl sites for hydroxylation is 1. The molecule has 0 spiro atoms. The molecule has 4 rings (SSSR count). The SMILES string of the molecule is CN=C(NCCc1c[nH]c2cc(C)ccc12)NCc1ccc(N2CCSCC2)cc1.I. The molecule has 1 aromatic heterocycles. The van der Waals surface area contributed by atoms with Crippen LogP contribution in [-0.4, -0.2) is 49.1 Å². The Morgan fingerprint density at radius 2 is 1.87 bits per heavy atom. The number of aromatic nitrogens is 1. The van der Waals surface area contributed by atoms with E-state index in [2.05, 4.69) is 81.1 Å². The highest BCUT2D eigenvalue weighted by Crippen LogP contribution is 2.20. The van der Waals surface area contributed by atoms with Crippen molar-refractivity contribution in [2.24, 2.45) is 4.99 Å². The monoisotopic (exact) mass is 549 g/mol. The minimum atomic E-state index is 0. The maximum atomic E-state index is 4.36. The largest absolute Gasteiger partial charge is 0.370 e. The minimum absolute atomic E-state index is 0. The average molecular weight is 550 g/mol. The van der Waals surface area contributed by atoms with E-state index in [1.54, 1.807) is 0 Å². The van der Waals surface area contributed by atoms with Gasteiger partial charge in [0.05, 0.1) is 0 Å². The molecule has 5 nitrogen and oxygen atoms in total. The minimum Gasteiger partial charge on any atom is -0.370 e. The number of benzene rings is 2. The van der Waals surface area contributed by atoms with Gasteiger partial charge in [0, 0.05) is 67.5 Å². The molecule has 1 aliphatic rings. The first-order valence-corrected chi connectivity index (χ1v) is 11.8. The molecule has 0 amide bonds. The summed E-state index contributed by atoms with van der Waals surface area (Å²) in [6.45, 7) is 6.02. The zero-order valence-electron chi connectivity index (χ0n) is 18.3. The summed E-state index contributed by atoms with van der Waals surface area (Å²) in [7, 11) is 1.82. The summed E-state index contributed by atoms with van der Waals surface area (Å²) in [6, 6.07) is 15.5. The van der Waals surface area contributed by atoms with Gasteiger partial charge in [0.2, 0.25) is 0 Å². The highest BCUT2D eigenvalue weighted by atomic mass is 127. The van der Waals surface area contributed by atoms with Crippen LogP contribution < -0.4 is 15.5 Å². The molecule has 166 valence electrons. The Hall–Kier alpha value is -1.87. The lowest BCUT2D eigenvalue weighted by Gasteiger charge is -2.28. The van der Waals surface area contributed by atoms with Gasteiger partial charge in [-0.1, -0.05) is 24.3 Å². The van der Waals surface area contributed by atoms with E-state index in [0.717, 1.165) is 38.6 Å². The van der Waals surface area contributed by atoms with Gasteiger partial charge < -0.3 is 20.5 Å². The molecule has 7 heteroatoms. The number of nitrogens with one attached hydrogen (secondary N) is 3. The lowest BCUT2D eigenvalue weighted by molar-refractivity contribution is 0.796. The number of thioether (sulfide) groups is 1. The number of halogens is 1. The molecule has 0 aliphatic carbocycles. The Bertz CT molecular complexity index is 993. The first-order valence-electron chi connectivity index (χ1n) is 10.7. The van der Waals surface area contributed by atoms with Crippen molar-refractivity contribution in [3.8, 4) is 0 Å². The molecular weight excluding hydrogens is 517 g/mol. The zero-order chi connectivity index (χ0) is 20.8. The number of hydrogen-bond donors (Lipinski definition) is 3. The highest BCUT2D eigenvalue weighted by Gasteiger charge is 2.11. The van der Waals surface area contributed by atoms with Crippen molar-refractivity contribution in [3.05, 3.63) is 65.4 Å². The standard InChI is InChI=1S/C24H31N5S.HI/c1-18-3-8-22-20(17-27-23(22)15-18)9-10-26-24(25-2)28-16-19-4-6-21(7-5-19)29-11-13-30-14-12-29;/h3-8,15,17,27H,9-14,16H2,1-2H3,(H2,25,26,28);1H. The van der Waals surface area contributed by atoms with Gasteiger partial charge in [-0.15, -0.1) is 24.0 Å². The molecule has 1 fully saturated rings. The number of rotatable bonds is 6. The van der Waals surface area contributed by atoms with E-state index in [-0.39, 0.29) is 24.0 Å². The van der Waals surface area contributed by atoms with Crippen LogP contribution in [0.4, 0.5) is 5.69 Å². The number of aliphatic imine (C=N–C) groups is 1. The molecule has 31 heavy (non-hydrogen) atoms. The molecule has 1 saturated heterocycles. The summed E-state index contributed by atoms with van der Waals surface area (Å²) >= 11 is 2.04. The Kier molecular flexibility index (Phi) is 8.95. The first kappa shape index (κ1) is 23.8. The topological polar surface area (TPSA) is 55.5 Å². The molecule has 0 saturated carbocycles. The summed E-state index contributed by atoms with van der Waals surface area (Å²) in [5.74, 6) is 3.29. The lowest BCUT2D eigenvalue weighted by Crippen LogP contribution is -2.37. The number of anilines is 1. The summed E-state index contributed by atoms with van der Waals surface area (Å²) in [4.78, 5) is 10.2. The van der Waals surface area contributed by atoms with Gasteiger partial charge in [-0.25, -0.2) is 0 Å². The predicted molar refractivity (Wildman–Crippen MR) is 146 cm³/mol. The van der Waals surface area contributed by atoms with Crippen molar-refractivity contribution < 1.29 is 0 Å². The quantitative estimate of drug-likeness (QED) is 0.240. The van der Waals surface area contributed by atoms with Gasteiger partial charge in [0.15, 0.2) is 5.96 Å². The van der Waals surface area contributed by atoms with Crippen LogP contribution in [0.2, 0.25) is 0 Å². The summed E-state index contributed by atoms with van der Waals surface area (Å²) in [5, 5.41) is 8.16. The number of H-pyrrole nitrogens is 1. The zero-order valence-corrected chi connectivity index (χ0v) is 21.4. The third-order valence-electron chi connectivity index (χ3n) is 5.61. The Labute approximate surface area is 206 Å². The molecular formula is C24H32IN5S. The second-order valence-electron chi connectivity index (χ2n) is 7.73. The fourth-order valence-corrected chi connectivity index (χ4v) is 4.78. The summed E-state index contributed by atoms with van der Waals surface area (Å²) < 4.78 is 0. The molecule has 0 atom stereocenters. The summed E-state index contributed by atoms with van der Waals surface area (Å²) in [6.07, 6.45) is 3.07. The molecule has 0 unspecified atom stereocenters. The van der Waals surface area contributed by atoms with Crippen LogP contribution >= 0.6 is 35.7 Å². The molecule has 0 radical (unpaired) electrons. The molecule has 2 aromatic carbocycles. The van der Waals surface area contributed by atoms with Gasteiger partial charge in [-0.3, -0.25) is 4.99 Å². The van der Waals surface area contributed by atoms with Crippen LogP contribution in [0.25, 0.3) is 10.9 Å². The van der Waals surface area contributed by atoms with E-state index in [1.807, 2.05) is 18.8 Å². The molecule has 3 aromatic rings. The van der Waals surface area contributed by atoms with Crippen LogP contribution in [0.15, 0.2) is 53.7 Å². The van der Waals surface area contributed by atoms with E-state index >= 15 is 0 Å². The van der Waals surface area contributed by atoms with Crippen molar-refractivity contribution in [2.75, 3.05) is 43.1 Å². The molecule has 1 aliphatic heterocycles. The van der Waals surface area contributed by atoms with E-state index < -0.39 is 0 Å². The second-order valence-corrected chi connectivity index (χ2v) is 8.96. The van der Waals surface area contributed by atoms with Crippen LogP contribution in [0.5, 0.6) is 0 Å². The highest BCUT2D eigenvalue weighted by molar-refractivity contribution is 14.0. The van der Waals surface area contributed by atoms with Gasteiger partial charge in [-0.05, 0) is 48.2 Å². The van der Waals surface area contributed by atoms with E-state index in [0.29, 0.717) is 0 Å². The van der Waals surface area contributed by atoms with Crippen molar-refractivity contribution in [1.82, 2.24) is 15.6 Å². The van der Waals surface area contributed by atoms with Crippen molar-refractivity contribution in [3.63, 3.8) is 0 Å². The van der Waals surface area contributed by atoms with Crippen LogP contribution in [0.1, 0.15) is 16.7 Å². The van der Waals surface area contributed by atoms with Gasteiger partial charge in [0.25, 0.3) is 0 Å². The van der Waals surface area contributed by atoms with E-state index in [4.69, 9.17) is 0 Å². The van der Waals surface area contributed by atoms with Crippen LogP contribution in [0.3, 0.4) is 0 Å². The molecule has 2 heterocycles. The number of aromatic amines is 1. The van der Waals surface area contributed by atoms with Gasteiger partial charge in [0.1, 0.15) is 0 Å². The van der Waals surface area contributed by atoms with Crippen molar-refractivity contribution in [1.29, 1.82) is 0 Å². The number of nitrogens with zero attached hydrogens (tertiary/aromatic N) is 2. The van der Waals surface area contributed by atoms with E-state index in [9.17, 15) is 0 Å². The Morgan fingerprint density at radius 3 is 2.61 bits per heavy atom. The number of hydrogen-bond acceptors (Lipinski definition) is 3. The molecule has 3 N–H and O–H groups in total. The first-order chi connectivity index (χ1) is 14.7. The third kappa shape index (κ3) is 6.32. The third-order valence-corrected chi connectivity index (χ3v) is 6.55. The Morgan fingerprint density at radius 1 is 1.10 bits per heavy atom. The normalized spacial score (nSPS) is 14.4. The van der Waals surface area contributed by atoms with Crippen molar-refractivity contribution >= 4 is 58.3 Å². The van der Waals surface area contributed by atoms with Gasteiger partial charge in [-0.2, -0.15) is 11.8 Å². The Balaban J connectivity index is 0.00000272. The molecule has 0 bridgehead atoms. The number of guanidine groups is 1. The van der Waals surface area contributed by atoms with Gasteiger partial charge >= 0.3 is 0 Å². The average Bonchev–Trinajstić information content (AvgIpc) is 3.19. The second kappa shape index (κ2) is 11.7.